The molecule has 0 aliphatic rings. The van der Waals surface area contributed by atoms with Crippen LogP contribution in [0.4, 0.5) is 13.2 Å². The first-order chi connectivity index (χ1) is 14.8. The molecule has 0 bridgehead atoms. The van der Waals surface area contributed by atoms with Gasteiger partial charge in [0, 0.05) is 24.2 Å². The molecule has 1 N–H and O–H groups in total. The third-order valence-corrected chi connectivity index (χ3v) is 5.29. The minimum Gasteiger partial charge on any atom is -0.383 e. The minimum absolute atomic E-state index is 0.0500. The van der Waals surface area contributed by atoms with E-state index < -0.39 is 11.7 Å². The van der Waals surface area contributed by atoms with Crippen LogP contribution in [0, 0.1) is 0 Å². The van der Waals surface area contributed by atoms with Gasteiger partial charge in [0.05, 0.1) is 23.6 Å². The van der Waals surface area contributed by atoms with E-state index in [4.69, 9.17) is 16.3 Å². The van der Waals surface area contributed by atoms with Crippen LogP contribution in [-0.4, -0.2) is 46.7 Å². The number of halogens is 4. The Kier molecular flexibility index (Phi) is 7.58. The lowest BCUT2D eigenvalue weighted by Gasteiger charge is -2.16. The van der Waals surface area contributed by atoms with E-state index in [9.17, 15) is 18.0 Å². The number of hydrogen-bond acceptors (Lipinski definition) is 5. The number of methoxy groups -OCH3 is 1. The van der Waals surface area contributed by atoms with E-state index in [0.29, 0.717) is 23.7 Å². The third kappa shape index (κ3) is 5.78. The first-order valence-electron chi connectivity index (χ1n) is 9.07. The zero-order valence-electron chi connectivity index (χ0n) is 16.3. The molecule has 164 valence electrons. The summed E-state index contributed by atoms with van der Waals surface area (Å²) < 4.78 is 47.3. The van der Waals surface area contributed by atoms with Gasteiger partial charge in [-0.15, -0.1) is 10.2 Å². The van der Waals surface area contributed by atoms with Crippen molar-refractivity contribution in [3.63, 3.8) is 0 Å². The van der Waals surface area contributed by atoms with Crippen LogP contribution < -0.4 is 5.32 Å². The Morgan fingerprint density at radius 1 is 1.19 bits per heavy atom. The molecule has 2 aromatic carbocycles. The van der Waals surface area contributed by atoms with Crippen LogP contribution >= 0.6 is 23.4 Å². The van der Waals surface area contributed by atoms with Crippen LogP contribution in [0.5, 0.6) is 0 Å². The molecule has 3 rings (SSSR count). The molecule has 3 aromatic rings. The van der Waals surface area contributed by atoms with Crippen molar-refractivity contribution in [1.82, 2.24) is 20.1 Å². The fourth-order valence-electron chi connectivity index (χ4n) is 2.78. The van der Waals surface area contributed by atoms with Gasteiger partial charge in [-0.25, -0.2) is 0 Å². The van der Waals surface area contributed by atoms with E-state index >= 15 is 0 Å². The van der Waals surface area contributed by atoms with Gasteiger partial charge in [-0.2, -0.15) is 13.2 Å². The number of amides is 1. The Balaban J connectivity index is 2.03. The quantitative estimate of drug-likeness (QED) is 0.389. The fraction of sp³-hybridized carbons (Fsp3) is 0.250. The molecule has 0 saturated carbocycles. The number of aromatic nitrogens is 3. The van der Waals surface area contributed by atoms with E-state index in [1.165, 1.54) is 29.9 Å². The standard InChI is InChI=1S/C20H18ClF3N4O2S/c1-30-10-9-25-17(29)12-31-19-27-26-18(13-5-4-6-14(21)11-13)28(19)16-8-3-2-7-15(16)20(22,23)24/h2-8,11H,9-10,12H2,1H3,(H,25,29). The number of carbonyl (C=O) groups excluding carboxylic acids is 1. The van der Waals surface area contributed by atoms with E-state index in [1.54, 1.807) is 24.3 Å². The van der Waals surface area contributed by atoms with Crippen molar-refractivity contribution in [1.29, 1.82) is 0 Å². The molecule has 0 saturated heterocycles. The number of para-hydroxylation sites is 1. The molecule has 11 heteroatoms. The fourth-order valence-corrected chi connectivity index (χ4v) is 3.74. The highest BCUT2D eigenvalue weighted by Gasteiger charge is 2.35. The lowest BCUT2D eigenvalue weighted by atomic mass is 10.1. The number of carbonyl (C=O) groups is 1. The normalized spacial score (nSPS) is 11.5. The lowest BCUT2D eigenvalue weighted by Crippen LogP contribution is -2.28. The molecule has 6 nitrogen and oxygen atoms in total. The summed E-state index contributed by atoms with van der Waals surface area (Å²) in [5, 5.41) is 11.4. The van der Waals surface area contributed by atoms with Gasteiger partial charge >= 0.3 is 6.18 Å². The summed E-state index contributed by atoms with van der Waals surface area (Å²) in [5.74, 6) is -0.169. The highest BCUT2D eigenvalue weighted by molar-refractivity contribution is 7.99. The van der Waals surface area contributed by atoms with Crippen molar-refractivity contribution in [2.45, 2.75) is 11.3 Å². The van der Waals surface area contributed by atoms with Gasteiger partial charge in [0.1, 0.15) is 0 Å². The van der Waals surface area contributed by atoms with Crippen LogP contribution in [-0.2, 0) is 15.7 Å². The van der Waals surface area contributed by atoms with Crippen LogP contribution in [0.15, 0.2) is 53.7 Å². The van der Waals surface area contributed by atoms with Crippen LogP contribution in [0.25, 0.3) is 17.1 Å². The van der Waals surface area contributed by atoms with Gasteiger partial charge in [0.15, 0.2) is 11.0 Å². The van der Waals surface area contributed by atoms with Crippen molar-refractivity contribution in [3.05, 3.63) is 59.1 Å². The van der Waals surface area contributed by atoms with Crippen molar-refractivity contribution >= 4 is 29.3 Å². The third-order valence-electron chi connectivity index (χ3n) is 4.13. The maximum Gasteiger partial charge on any atom is 0.418 e. The molecule has 0 atom stereocenters. The van der Waals surface area contributed by atoms with Crippen molar-refractivity contribution in [2.75, 3.05) is 26.0 Å². The maximum absolute atomic E-state index is 13.7. The zero-order chi connectivity index (χ0) is 22.4. The zero-order valence-corrected chi connectivity index (χ0v) is 17.9. The summed E-state index contributed by atoms with van der Waals surface area (Å²) in [6.45, 7) is 0.678. The molecule has 1 heterocycles. The van der Waals surface area contributed by atoms with Gasteiger partial charge in [-0.1, -0.05) is 47.6 Å². The van der Waals surface area contributed by atoms with Crippen molar-refractivity contribution < 1.29 is 22.7 Å². The minimum atomic E-state index is -4.59. The first kappa shape index (κ1) is 23.1. The first-order valence-corrected chi connectivity index (χ1v) is 10.4. The van der Waals surface area contributed by atoms with Crippen LogP contribution in [0.1, 0.15) is 5.56 Å². The lowest BCUT2D eigenvalue weighted by molar-refractivity contribution is -0.137. The van der Waals surface area contributed by atoms with Gasteiger partial charge in [0.25, 0.3) is 0 Å². The Morgan fingerprint density at radius 2 is 1.97 bits per heavy atom. The second-order valence-electron chi connectivity index (χ2n) is 6.30. The van der Waals surface area contributed by atoms with E-state index in [1.807, 2.05) is 0 Å². The van der Waals surface area contributed by atoms with E-state index in [-0.39, 0.29) is 28.3 Å². The smallest absolute Gasteiger partial charge is 0.383 e. The summed E-state index contributed by atoms with van der Waals surface area (Å²) in [7, 11) is 1.51. The predicted octanol–water partition coefficient (Wildman–Crippen LogP) is 4.46. The second kappa shape index (κ2) is 10.2. The van der Waals surface area contributed by atoms with E-state index in [2.05, 4.69) is 15.5 Å². The number of ether oxygens (including phenoxy) is 1. The Bertz CT molecular complexity index is 1060. The monoisotopic (exact) mass is 470 g/mol. The second-order valence-corrected chi connectivity index (χ2v) is 7.68. The number of hydrogen-bond donors (Lipinski definition) is 1. The summed E-state index contributed by atoms with van der Waals surface area (Å²) in [6.07, 6.45) is -4.59. The van der Waals surface area contributed by atoms with Crippen LogP contribution in [0.3, 0.4) is 0 Å². The molecule has 0 unspecified atom stereocenters. The summed E-state index contributed by atoms with van der Waals surface area (Å²) in [5.41, 5.74) is -0.491. The molecular weight excluding hydrogens is 453 g/mol. The van der Waals surface area contributed by atoms with Gasteiger partial charge in [0.2, 0.25) is 5.91 Å². The predicted molar refractivity (Wildman–Crippen MR) is 112 cm³/mol. The number of thioether (sulfide) groups is 1. The van der Waals surface area contributed by atoms with Crippen molar-refractivity contribution in [2.24, 2.45) is 0 Å². The molecule has 1 amide bonds. The molecule has 1 aromatic heterocycles. The largest absolute Gasteiger partial charge is 0.418 e. The molecule has 0 fully saturated rings. The SMILES string of the molecule is COCCNC(=O)CSc1nnc(-c2cccc(Cl)c2)n1-c1ccccc1C(F)(F)F. The summed E-state index contributed by atoms with van der Waals surface area (Å²) in [6, 6.07) is 11.7. The Hall–Kier alpha value is -2.56. The molecule has 31 heavy (non-hydrogen) atoms. The van der Waals surface area contributed by atoms with E-state index in [0.717, 1.165) is 17.8 Å². The average molecular weight is 471 g/mol. The topological polar surface area (TPSA) is 69.0 Å². The average Bonchev–Trinajstić information content (AvgIpc) is 3.16. The van der Waals surface area contributed by atoms with Crippen LogP contribution in [0.2, 0.25) is 5.02 Å². The number of nitrogens with one attached hydrogen (secondary N) is 1. The number of alkyl halides is 3. The van der Waals surface area contributed by atoms with Crippen molar-refractivity contribution in [3.8, 4) is 17.1 Å². The molecule has 0 aliphatic carbocycles. The summed E-state index contributed by atoms with van der Waals surface area (Å²) in [4.78, 5) is 12.0. The highest BCUT2D eigenvalue weighted by Crippen LogP contribution is 2.37. The number of rotatable bonds is 8. The van der Waals surface area contributed by atoms with Gasteiger partial charge in [-0.05, 0) is 24.3 Å². The van der Waals surface area contributed by atoms with Gasteiger partial charge < -0.3 is 10.1 Å². The molecule has 0 radical (unpaired) electrons. The maximum atomic E-state index is 13.7. The highest BCUT2D eigenvalue weighted by atomic mass is 35.5. The number of nitrogens with zero attached hydrogens (tertiary/aromatic N) is 3. The van der Waals surface area contributed by atoms with Gasteiger partial charge in [-0.3, -0.25) is 9.36 Å². The molecule has 0 spiro atoms. The molecule has 0 aliphatic heterocycles. The Morgan fingerprint density at radius 3 is 2.68 bits per heavy atom. The number of benzene rings is 2. The summed E-state index contributed by atoms with van der Waals surface area (Å²) >= 11 is 7.04. The molecular formula is C20H18ClF3N4O2S. The Labute approximate surface area is 185 Å².